The Bertz CT molecular complexity index is 1160. The lowest BCUT2D eigenvalue weighted by Crippen LogP contribution is -2.65. The van der Waals surface area contributed by atoms with Crippen molar-refractivity contribution in [2.75, 3.05) is 31.5 Å². The van der Waals surface area contributed by atoms with E-state index in [-0.39, 0.29) is 37.1 Å². The van der Waals surface area contributed by atoms with Crippen molar-refractivity contribution in [2.45, 2.75) is 56.3 Å². The molecule has 2 amide bonds. The van der Waals surface area contributed by atoms with E-state index in [1.807, 2.05) is 12.1 Å². The largest absolute Gasteiger partial charge is 0.389 e. The maximum atomic E-state index is 14.6. The van der Waals surface area contributed by atoms with Crippen molar-refractivity contribution in [1.82, 2.24) is 20.1 Å². The number of aliphatic hydroxyl groups excluding tert-OH is 1. The zero-order valence-corrected chi connectivity index (χ0v) is 20.2. The van der Waals surface area contributed by atoms with Gasteiger partial charge in [-0.15, -0.1) is 0 Å². The van der Waals surface area contributed by atoms with Gasteiger partial charge in [-0.2, -0.15) is 0 Å². The van der Waals surface area contributed by atoms with E-state index >= 15 is 0 Å². The Balaban J connectivity index is 1.24. The standard InChI is InChI=1S/C26H31F2N5O3/c1-17(34)33-10-7-21(26(27,28)16-33)31-23-12-18(6-9-29-23)24(36)32-11-8-25(22(35)15-32)13-19-4-2-3-5-20(19)14-30-25/h2-6,9,12,21-22,30,35H,7-8,10-11,13-16H2,1H3,(H,29,31). The van der Waals surface area contributed by atoms with E-state index in [9.17, 15) is 23.5 Å². The van der Waals surface area contributed by atoms with Gasteiger partial charge in [0.2, 0.25) is 5.91 Å². The van der Waals surface area contributed by atoms with Crippen LogP contribution in [0.5, 0.6) is 0 Å². The average molecular weight is 500 g/mol. The van der Waals surface area contributed by atoms with Gasteiger partial charge in [-0.25, -0.2) is 13.8 Å². The zero-order valence-electron chi connectivity index (χ0n) is 20.2. The first-order chi connectivity index (χ1) is 17.2. The number of pyridine rings is 1. The number of aromatic nitrogens is 1. The molecule has 2 aromatic rings. The minimum absolute atomic E-state index is 0.0724. The number of aliphatic hydroxyl groups is 1. The lowest BCUT2D eigenvalue weighted by Gasteiger charge is -2.48. The Kier molecular flexibility index (Phi) is 6.42. The van der Waals surface area contributed by atoms with Crippen LogP contribution >= 0.6 is 0 Å². The van der Waals surface area contributed by atoms with Gasteiger partial charge in [-0.1, -0.05) is 24.3 Å². The smallest absolute Gasteiger partial charge is 0.285 e. The maximum Gasteiger partial charge on any atom is 0.285 e. The van der Waals surface area contributed by atoms with Crippen molar-refractivity contribution >= 4 is 17.6 Å². The number of carbonyl (C=O) groups is 2. The van der Waals surface area contributed by atoms with Crippen LogP contribution in [0.25, 0.3) is 0 Å². The van der Waals surface area contributed by atoms with Crippen LogP contribution in [-0.4, -0.2) is 81.5 Å². The SMILES string of the molecule is CC(=O)N1CCC(Nc2cc(C(=O)N3CCC4(Cc5ccccc5CN4)C(O)C3)ccn2)C(F)(F)C1. The summed E-state index contributed by atoms with van der Waals surface area (Å²) in [5, 5.41) is 17.3. The summed E-state index contributed by atoms with van der Waals surface area (Å²) in [5.41, 5.74) is 2.28. The van der Waals surface area contributed by atoms with Crippen LogP contribution < -0.4 is 10.6 Å². The number of alkyl halides is 2. The molecule has 3 unspecified atom stereocenters. The molecule has 1 aromatic carbocycles. The van der Waals surface area contributed by atoms with E-state index in [4.69, 9.17) is 0 Å². The predicted molar refractivity (Wildman–Crippen MR) is 130 cm³/mol. The molecule has 10 heteroatoms. The van der Waals surface area contributed by atoms with Gasteiger partial charge < -0.3 is 25.5 Å². The number of rotatable bonds is 3. The molecule has 2 saturated heterocycles. The number of nitrogens with one attached hydrogen (secondary N) is 2. The Morgan fingerprint density at radius 2 is 1.94 bits per heavy atom. The van der Waals surface area contributed by atoms with E-state index in [2.05, 4.69) is 27.8 Å². The van der Waals surface area contributed by atoms with Crippen LogP contribution in [0.1, 0.15) is 41.3 Å². The van der Waals surface area contributed by atoms with Crippen LogP contribution in [0.2, 0.25) is 0 Å². The molecule has 5 rings (SSSR count). The van der Waals surface area contributed by atoms with Crippen LogP contribution in [-0.2, 0) is 17.8 Å². The van der Waals surface area contributed by atoms with Crippen LogP contribution in [0.3, 0.4) is 0 Å². The second-order valence-electron chi connectivity index (χ2n) is 10.1. The van der Waals surface area contributed by atoms with Gasteiger partial charge in [-0.05, 0) is 42.5 Å². The first-order valence-electron chi connectivity index (χ1n) is 12.3. The summed E-state index contributed by atoms with van der Waals surface area (Å²) in [5.74, 6) is -3.59. The van der Waals surface area contributed by atoms with Crippen molar-refractivity contribution in [2.24, 2.45) is 0 Å². The highest BCUT2D eigenvalue weighted by Crippen LogP contribution is 2.33. The molecule has 8 nitrogen and oxygen atoms in total. The van der Waals surface area contributed by atoms with Crippen molar-refractivity contribution in [1.29, 1.82) is 0 Å². The Morgan fingerprint density at radius 1 is 1.17 bits per heavy atom. The van der Waals surface area contributed by atoms with E-state index in [0.717, 1.165) is 4.90 Å². The predicted octanol–water partition coefficient (Wildman–Crippen LogP) is 2.04. The molecule has 4 heterocycles. The second-order valence-corrected chi connectivity index (χ2v) is 10.1. The lowest BCUT2D eigenvalue weighted by atomic mass is 9.76. The van der Waals surface area contributed by atoms with Crippen molar-refractivity contribution in [3.8, 4) is 0 Å². The first kappa shape index (κ1) is 24.6. The van der Waals surface area contributed by atoms with Gasteiger partial charge in [0.05, 0.1) is 24.2 Å². The van der Waals surface area contributed by atoms with Crippen LogP contribution in [0, 0.1) is 0 Å². The van der Waals surface area contributed by atoms with E-state index in [1.165, 1.54) is 30.3 Å². The summed E-state index contributed by atoms with van der Waals surface area (Å²) >= 11 is 0. The molecular formula is C26H31F2N5O3. The molecule has 3 aliphatic heterocycles. The normalized spacial score (nSPS) is 27.4. The Hall–Kier alpha value is -3.11. The van der Waals surface area contributed by atoms with Crippen molar-refractivity contribution in [3.63, 3.8) is 0 Å². The molecule has 3 aliphatic rings. The summed E-state index contributed by atoms with van der Waals surface area (Å²) < 4.78 is 29.3. The van der Waals surface area contributed by atoms with Crippen molar-refractivity contribution < 1.29 is 23.5 Å². The molecule has 36 heavy (non-hydrogen) atoms. The fourth-order valence-electron chi connectivity index (χ4n) is 5.54. The molecule has 0 saturated carbocycles. The maximum absolute atomic E-state index is 14.6. The van der Waals surface area contributed by atoms with Gasteiger partial charge in [0.15, 0.2) is 0 Å². The number of nitrogens with zero attached hydrogens (tertiary/aromatic N) is 3. The minimum atomic E-state index is -3.12. The van der Waals surface area contributed by atoms with Gasteiger partial charge >= 0.3 is 0 Å². The minimum Gasteiger partial charge on any atom is -0.389 e. The number of halogens is 2. The third-order valence-corrected chi connectivity index (χ3v) is 7.77. The quantitative estimate of drug-likeness (QED) is 0.598. The molecule has 3 N–H and O–H groups in total. The number of amides is 2. The topological polar surface area (TPSA) is 97.8 Å². The van der Waals surface area contributed by atoms with Gasteiger partial charge in [-0.3, -0.25) is 9.59 Å². The molecule has 0 bridgehead atoms. The highest BCUT2D eigenvalue weighted by atomic mass is 19.3. The summed E-state index contributed by atoms with van der Waals surface area (Å²) in [6.07, 6.45) is 2.05. The molecule has 1 spiro atoms. The molecule has 0 aliphatic carbocycles. The number of likely N-dealkylation sites (tertiary alicyclic amines) is 2. The molecule has 0 radical (unpaired) electrons. The van der Waals surface area contributed by atoms with Gasteiger partial charge in [0.1, 0.15) is 5.82 Å². The van der Waals surface area contributed by atoms with E-state index < -0.39 is 30.2 Å². The molecule has 1 aromatic heterocycles. The highest BCUT2D eigenvalue weighted by molar-refractivity contribution is 5.95. The molecule has 3 atom stereocenters. The highest BCUT2D eigenvalue weighted by Gasteiger charge is 2.46. The zero-order chi connectivity index (χ0) is 25.5. The third-order valence-electron chi connectivity index (χ3n) is 7.77. The Labute approximate surface area is 208 Å². The summed E-state index contributed by atoms with van der Waals surface area (Å²) in [6.45, 7) is 2.19. The number of hydrogen-bond acceptors (Lipinski definition) is 6. The summed E-state index contributed by atoms with van der Waals surface area (Å²) in [4.78, 5) is 31.6. The number of anilines is 1. The number of benzene rings is 1. The Morgan fingerprint density at radius 3 is 2.67 bits per heavy atom. The fraction of sp³-hybridized carbons (Fsp3) is 0.500. The van der Waals surface area contributed by atoms with E-state index in [1.54, 1.807) is 11.0 Å². The lowest BCUT2D eigenvalue weighted by molar-refractivity contribution is -0.140. The second kappa shape index (κ2) is 9.40. The average Bonchev–Trinajstić information content (AvgIpc) is 2.86. The van der Waals surface area contributed by atoms with Crippen molar-refractivity contribution in [3.05, 3.63) is 59.3 Å². The number of piperidine rings is 2. The monoisotopic (exact) mass is 499 g/mol. The number of hydrogen-bond donors (Lipinski definition) is 3. The summed E-state index contributed by atoms with van der Waals surface area (Å²) in [6, 6.07) is 10.0. The van der Waals surface area contributed by atoms with Crippen LogP contribution in [0.15, 0.2) is 42.6 Å². The van der Waals surface area contributed by atoms with Gasteiger partial charge in [0.25, 0.3) is 11.8 Å². The number of fused-ring (bicyclic) bond motifs is 1. The molecule has 192 valence electrons. The van der Waals surface area contributed by atoms with E-state index in [0.29, 0.717) is 31.5 Å². The number of β-amino-alcohol motifs (C(OH)–C–C–N with tert-alkyl or cyclic N) is 1. The first-order valence-corrected chi connectivity index (χ1v) is 12.3. The van der Waals surface area contributed by atoms with Gasteiger partial charge in [0, 0.05) is 44.9 Å². The fourth-order valence-corrected chi connectivity index (χ4v) is 5.54. The molecular weight excluding hydrogens is 468 g/mol. The third kappa shape index (κ3) is 4.67. The summed E-state index contributed by atoms with van der Waals surface area (Å²) in [7, 11) is 0. The van der Waals surface area contributed by atoms with Crippen LogP contribution in [0.4, 0.5) is 14.6 Å². The number of carbonyl (C=O) groups excluding carboxylic acids is 2. The molecule has 2 fully saturated rings.